The van der Waals surface area contributed by atoms with E-state index >= 15 is 0 Å². The Kier molecular flexibility index (Phi) is 15.1. The van der Waals surface area contributed by atoms with E-state index in [1.807, 2.05) is 47.0 Å². The second-order valence-electron chi connectivity index (χ2n) is 6.12. The number of unbranched alkanes of at least 4 members (excludes halogenated alkanes) is 5. The van der Waals surface area contributed by atoms with E-state index in [-0.39, 0.29) is 0 Å². The van der Waals surface area contributed by atoms with Gasteiger partial charge >= 0.3 is 0 Å². The molecule has 0 saturated heterocycles. The Morgan fingerprint density at radius 1 is 0.692 bits per heavy atom. The lowest BCUT2D eigenvalue weighted by atomic mass is 10.1. The lowest BCUT2D eigenvalue weighted by Crippen LogP contribution is -1.98. The van der Waals surface area contributed by atoms with Gasteiger partial charge in [-0.15, -0.1) is 47.0 Å². The molecule has 0 aliphatic carbocycles. The molecule has 2 heterocycles. The minimum absolute atomic E-state index is 0.737. The van der Waals surface area contributed by atoms with Crippen molar-refractivity contribution in [2.45, 2.75) is 47.7 Å². The Labute approximate surface area is 197 Å². The van der Waals surface area contributed by atoms with Crippen molar-refractivity contribution in [1.29, 1.82) is 0 Å². The van der Waals surface area contributed by atoms with Gasteiger partial charge in [-0.1, -0.05) is 25.7 Å². The van der Waals surface area contributed by atoms with Crippen LogP contribution in [0.3, 0.4) is 0 Å². The molecule has 0 saturated carbocycles. The van der Waals surface area contributed by atoms with Crippen LogP contribution in [0.1, 0.15) is 38.5 Å². The van der Waals surface area contributed by atoms with Crippen LogP contribution in [-0.2, 0) is 0 Å². The Morgan fingerprint density at radius 2 is 1.12 bits per heavy atom. The molecule has 150 valence electrons. The molecule has 2 aliphatic rings. The Bertz CT molecular complexity index is 397. The van der Waals surface area contributed by atoms with E-state index in [1.165, 1.54) is 71.3 Å². The fourth-order valence-corrected chi connectivity index (χ4v) is 11.2. The van der Waals surface area contributed by atoms with Crippen LogP contribution in [-0.4, -0.2) is 43.7 Å². The molecule has 2 rings (SSSR count). The summed E-state index contributed by atoms with van der Waals surface area (Å²) >= 11 is 21.0. The van der Waals surface area contributed by atoms with Crippen LogP contribution < -0.4 is 0 Å². The molecule has 0 nitrogen and oxygen atoms in total. The van der Waals surface area contributed by atoms with Crippen LogP contribution in [0.4, 0.5) is 0 Å². The first-order valence-corrected chi connectivity index (χ1v) is 16.4. The second kappa shape index (κ2) is 16.0. The molecule has 0 N–H and O–H groups in total. The predicted molar refractivity (Wildman–Crippen MR) is 144 cm³/mol. The summed E-state index contributed by atoms with van der Waals surface area (Å²) in [5.41, 5.74) is 0. The van der Waals surface area contributed by atoms with Crippen LogP contribution in [0.15, 0.2) is 20.6 Å². The van der Waals surface area contributed by atoms with Crippen LogP contribution >= 0.6 is 95.8 Å². The van der Waals surface area contributed by atoms with Gasteiger partial charge in [0, 0.05) is 32.8 Å². The lowest BCUT2D eigenvalue weighted by molar-refractivity contribution is 0.629. The van der Waals surface area contributed by atoms with Gasteiger partial charge in [-0.3, -0.25) is 0 Å². The zero-order valence-corrected chi connectivity index (χ0v) is 21.8. The smallest absolute Gasteiger partial charge is 0.0678 e. The van der Waals surface area contributed by atoms with Gasteiger partial charge < -0.3 is 0 Å². The van der Waals surface area contributed by atoms with Crippen molar-refractivity contribution in [3.05, 3.63) is 20.6 Å². The first kappa shape index (κ1) is 24.5. The number of hydrogen-bond acceptors (Lipinski definition) is 8. The van der Waals surface area contributed by atoms with E-state index in [9.17, 15) is 0 Å². The van der Waals surface area contributed by atoms with Gasteiger partial charge in [-0.2, -0.15) is 48.8 Å². The van der Waals surface area contributed by atoms with Gasteiger partial charge in [0.05, 0.1) is 9.16 Å². The normalized spacial score (nSPS) is 22.7. The third kappa shape index (κ3) is 10.9. The zero-order chi connectivity index (χ0) is 18.5. The number of thiol groups is 2. The molecule has 0 aromatic carbocycles. The number of thioether (sulfide) groups is 6. The molecular formula is C18H30S8. The first-order chi connectivity index (χ1) is 12.8. The van der Waals surface area contributed by atoms with Gasteiger partial charge in [0.15, 0.2) is 0 Å². The molecule has 0 aromatic heterocycles. The van der Waals surface area contributed by atoms with Crippen molar-refractivity contribution in [2.24, 2.45) is 0 Å². The van der Waals surface area contributed by atoms with Crippen molar-refractivity contribution in [1.82, 2.24) is 0 Å². The van der Waals surface area contributed by atoms with Crippen molar-refractivity contribution in [2.75, 3.05) is 34.5 Å². The molecule has 0 radical (unpaired) electrons. The van der Waals surface area contributed by atoms with Gasteiger partial charge in [0.25, 0.3) is 0 Å². The van der Waals surface area contributed by atoms with Crippen molar-refractivity contribution in [3.8, 4) is 0 Å². The van der Waals surface area contributed by atoms with Crippen molar-refractivity contribution < 1.29 is 0 Å². The van der Waals surface area contributed by atoms with Crippen LogP contribution in [0.5, 0.6) is 0 Å². The number of hydrogen-bond donors (Lipinski definition) is 2. The van der Waals surface area contributed by atoms with E-state index in [4.69, 9.17) is 0 Å². The topological polar surface area (TPSA) is 0 Å². The summed E-state index contributed by atoms with van der Waals surface area (Å²) in [5.74, 6) is 7.05. The summed E-state index contributed by atoms with van der Waals surface area (Å²) in [6.07, 6.45) is 8.47. The molecule has 0 amide bonds. The maximum atomic E-state index is 4.35. The van der Waals surface area contributed by atoms with Crippen LogP contribution in [0.25, 0.3) is 0 Å². The largest absolute Gasteiger partial charge is 0.174 e. The van der Waals surface area contributed by atoms with Gasteiger partial charge in [0.2, 0.25) is 0 Å². The summed E-state index contributed by atoms with van der Waals surface area (Å²) in [6, 6.07) is 0. The summed E-state index contributed by atoms with van der Waals surface area (Å²) in [6.45, 7) is 0. The summed E-state index contributed by atoms with van der Waals surface area (Å²) < 4.78 is 1.47. The highest BCUT2D eigenvalue weighted by Crippen LogP contribution is 2.42. The second-order valence-corrected chi connectivity index (χ2v) is 14.5. The Balaban J connectivity index is 1.27. The highest BCUT2D eigenvalue weighted by Gasteiger charge is 2.18. The fraction of sp³-hybridized carbons (Fsp3) is 0.778. The number of rotatable bonds is 15. The Hall–Kier alpha value is 2.28. The molecule has 2 aliphatic heterocycles. The fourth-order valence-electron chi connectivity index (χ4n) is 2.52. The molecule has 0 aromatic rings. The molecule has 0 spiro atoms. The monoisotopic (exact) mass is 502 g/mol. The third-order valence-corrected chi connectivity index (χ3v) is 13.5. The van der Waals surface area contributed by atoms with Gasteiger partial charge in [0.1, 0.15) is 0 Å². The highest BCUT2D eigenvalue weighted by molar-refractivity contribution is 8.24. The van der Waals surface area contributed by atoms with E-state index in [0.717, 1.165) is 20.7 Å². The SMILES string of the molecule is SCC1=CSC(CSCCCCCCCCSCC2SC=C(CS)S2)S1. The average Bonchev–Trinajstić information content (AvgIpc) is 3.31. The molecule has 0 fully saturated rings. The molecule has 2 unspecified atom stereocenters. The summed E-state index contributed by atoms with van der Waals surface area (Å²) in [5, 5.41) is 4.59. The van der Waals surface area contributed by atoms with Crippen molar-refractivity contribution >= 4 is 95.8 Å². The van der Waals surface area contributed by atoms with Gasteiger partial charge in [-0.25, -0.2) is 0 Å². The standard InChI is InChI=1S/C18H30S8/c19-9-15-11-23-17(25-15)13-21-7-5-3-1-2-4-6-8-22-14-18-24-12-16(10-20)26-18/h11-12,17-20H,1-10,13-14H2. The Morgan fingerprint density at radius 3 is 1.50 bits per heavy atom. The molecule has 2 atom stereocenters. The zero-order valence-electron chi connectivity index (χ0n) is 15.1. The van der Waals surface area contributed by atoms with E-state index in [2.05, 4.69) is 59.6 Å². The average molecular weight is 503 g/mol. The lowest BCUT2D eigenvalue weighted by Gasteiger charge is -2.09. The van der Waals surface area contributed by atoms with Crippen molar-refractivity contribution in [3.63, 3.8) is 0 Å². The van der Waals surface area contributed by atoms with Gasteiger partial charge in [-0.05, 0) is 35.2 Å². The summed E-state index contributed by atoms with van der Waals surface area (Å²) in [7, 11) is 0. The first-order valence-electron chi connectivity index (χ1n) is 9.21. The molecule has 26 heavy (non-hydrogen) atoms. The quantitative estimate of drug-likeness (QED) is 0.171. The van der Waals surface area contributed by atoms with Crippen LogP contribution in [0.2, 0.25) is 0 Å². The predicted octanol–water partition coefficient (Wildman–Crippen LogP) is 7.95. The van der Waals surface area contributed by atoms with Crippen LogP contribution in [0, 0.1) is 0 Å². The molecular weight excluding hydrogens is 473 g/mol. The minimum atomic E-state index is 0.737. The molecule has 0 bridgehead atoms. The highest BCUT2D eigenvalue weighted by atomic mass is 32.2. The minimum Gasteiger partial charge on any atom is -0.174 e. The van der Waals surface area contributed by atoms with E-state index < -0.39 is 0 Å². The maximum Gasteiger partial charge on any atom is 0.0678 e. The maximum absolute atomic E-state index is 4.35. The van der Waals surface area contributed by atoms with E-state index in [1.54, 1.807) is 0 Å². The molecule has 8 heteroatoms. The third-order valence-electron chi connectivity index (χ3n) is 3.92. The van der Waals surface area contributed by atoms with E-state index in [0.29, 0.717) is 0 Å². The summed E-state index contributed by atoms with van der Waals surface area (Å²) in [4.78, 5) is 2.89.